The molecule has 0 aliphatic heterocycles. The smallest absolute Gasteiger partial charge is 0.219 e. The van der Waals surface area contributed by atoms with E-state index in [0.717, 1.165) is 94.5 Å². The summed E-state index contributed by atoms with van der Waals surface area (Å²) >= 11 is 0. The number of rotatable bonds is 16. The normalized spacial score (nSPS) is 12.8. The van der Waals surface area contributed by atoms with Crippen molar-refractivity contribution >= 4 is 73.9 Å². The van der Waals surface area contributed by atoms with Gasteiger partial charge >= 0.3 is 0 Å². The third-order valence-electron chi connectivity index (χ3n) is 9.29. The van der Waals surface area contributed by atoms with Gasteiger partial charge in [-0.25, -0.2) is 16.8 Å². The number of fused-ring (bicyclic) bond motifs is 9. The SMILES string of the molecule is CCCCCCCCS(=O)(=O)c1cc2c(ccc3c2ccc2c4ccc5oc(S(=O)(=O)CCCCCCCC)cc5c4ccc32)o1. The van der Waals surface area contributed by atoms with Crippen LogP contribution >= 0.6 is 0 Å². The lowest BCUT2D eigenvalue weighted by Crippen LogP contribution is -2.05. The molecular formula is C38H44O6S2. The lowest BCUT2D eigenvalue weighted by atomic mass is 9.95. The maximum absolute atomic E-state index is 13.1. The Morgan fingerprint density at radius 2 is 0.717 bits per heavy atom. The Kier molecular flexibility index (Phi) is 9.76. The minimum atomic E-state index is -3.51. The van der Waals surface area contributed by atoms with Gasteiger partial charge in [0.05, 0.1) is 11.5 Å². The molecule has 244 valence electrons. The van der Waals surface area contributed by atoms with E-state index in [1.165, 1.54) is 12.8 Å². The lowest BCUT2D eigenvalue weighted by molar-refractivity contribution is 0.480. The Hall–Kier alpha value is -3.36. The first-order chi connectivity index (χ1) is 22.2. The van der Waals surface area contributed by atoms with Crippen LogP contribution < -0.4 is 0 Å². The molecule has 0 fully saturated rings. The summed E-state index contributed by atoms with van der Waals surface area (Å²) in [5, 5.41) is 7.57. The second-order valence-electron chi connectivity index (χ2n) is 12.7. The van der Waals surface area contributed by atoms with Crippen LogP contribution in [0.15, 0.2) is 79.7 Å². The van der Waals surface area contributed by atoms with Gasteiger partial charge in [0.1, 0.15) is 11.2 Å². The first-order valence-corrected chi connectivity index (χ1v) is 20.2. The second-order valence-corrected chi connectivity index (χ2v) is 16.8. The highest BCUT2D eigenvalue weighted by atomic mass is 32.2. The molecule has 46 heavy (non-hydrogen) atoms. The minimum Gasteiger partial charge on any atom is -0.445 e. The van der Waals surface area contributed by atoms with E-state index in [2.05, 4.69) is 26.0 Å². The second kappa shape index (κ2) is 13.8. The Morgan fingerprint density at radius 1 is 0.413 bits per heavy atom. The van der Waals surface area contributed by atoms with E-state index in [4.69, 9.17) is 8.83 Å². The summed E-state index contributed by atoms with van der Waals surface area (Å²) in [5.41, 5.74) is 1.12. The van der Waals surface area contributed by atoms with Crippen LogP contribution in [-0.4, -0.2) is 28.3 Å². The maximum Gasteiger partial charge on any atom is 0.219 e. The first-order valence-electron chi connectivity index (χ1n) is 16.9. The number of furan rings is 2. The standard InChI is InChI=1S/C38H44O6S2/c1-3-5-7-9-11-13-23-45(39,40)37-25-33-31-17-15-28-27(29(31)19-21-35(33)43-37)16-18-32-30(28)20-22-36-34(32)26-38(44-36)46(41,42)24-14-12-10-8-6-4-2/h15-22,25-26H,3-14,23-24H2,1-2H3. The Balaban J connectivity index is 1.29. The number of hydrogen-bond acceptors (Lipinski definition) is 6. The van der Waals surface area contributed by atoms with Crippen LogP contribution in [0, 0.1) is 0 Å². The van der Waals surface area contributed by atoms with E-state index in [-0.39, 0.29) is 21.7 Å². The van der Waals surface area contributed by atoms with Crippen LogP contribution in [0.25, 0.3) is 54.3 Å². The molecule has 8 heteroatoms. The molecule has 0 amide bonds. The van der Waals surface area contributed by atoms with Crippen LogP contribution in [0.2, 0.25) is 0 Å². The molecule has 0 radical (unpaired) electrons. The molecule has 2 heterocycles. The fourth-order valence-electron chi connectivity index (χ4n) is 6.68. The zero-order valence-corrected chi connectivity index (χ0v) is 28.6. The van der Waals surface area contributed by atoms with Gasteiger partial charge in [0.15, 0.2) is 0 Å². The van der Waals surface area contributed by atoms with Gasteiger partial charge in [-0.1, -0.05) is 114 Å². The topological polar surface area (TPSA) is 94.6 Å². The molecule has 0 N–H and O–H groups in total. The van der Waals surface area contributed by atoms with Gasteiger partial charge in [-0.05, 0) is 57.3 Å². The van der Waals surface area contributed by atoms with Crippen LogP contribution in [-0.2, 0) is 19.7 Å². The number of hydrogen-bond donors (Lipinski definition) is 0. The molecule has 0 aliphatic rings. The predicted molar refractivity (Wildman–Crippen MR) is 189 cm³/mol. The summed E-state index contributed by atoms with van der Waals surface area (Å²) in [4.78, 5) is 0. The summed E-state index contributed by atoms with van der Waals surface area (Å²) < 4.78 is 64.3. The van der Waals surface area contributed by atoms with Gasteiger partial charge in [-0.2, -0.15) is 0 Å². The van der Waals surface area contributed by atoms with Crippen molar-refractivity contribution in [1.29, 1.82) is 0 Å². The van der Waals surface area contributed by atoms with Gasteiger partial charge in [0, 0.05) is 22.9 Å². The summed E-state index contributed by atoms with van der Waals surface area (Å²) in [6.45, 7) is 4.34. The van der Waals surface area contributed by atoms with Crippen LogP contribution in [0.3, 0.4) is 0 Å². The Morgan fingerprint density at radius 3 is 1.09 bits per heavy atom. The molecule has 0 unspecified atom stereocenters. The average molecular weight is 661 g/mol. The molecule has 0 saturated carbocycles. The minimum absolute atomic E-state index is 0.0340. The van der Waals surface area contributed by atoms with E-state index in [1.807, 2.05) is 36.4 Å². The predicted octanol–water partition coefficient (Wildman–Crippen LogP) is 10.9. The fourth-order valence-corrected chi connectivity index (χ4v) is 9.28. The van der Waals surface area contributed by atoms with Crippen LogP contribution in [0.4, 0.5) is 0 Å². The van der Waals surface area contributed by atoms with Gasteiger partial charge in [0.25, 0.3) is 0 Å². The highest BCUT2D eigenvalue weighted by Gasteiger charge is 2.22. The number of sulfone groups is 2. The summed E-state index contributed by atoms with van der Waals surface area (Å²) in [5.74, 6) is 0.187. The van der Waals surface area contributed by atoms with E-state index in [9.17, 15) is 16.8 Å². The quantitative estimate of drug-likeness (QED) is 0.0757. The van der Waals surface area contributed by atoms with Gasteiger partial charge in [0.2, 0.25) is 29.9 Å². The zero-order valence-electron chi connectivity index (χ0n) is 26.9. The van der Waals surface area contributed by atoms with Crippen molar-refractivity contribution in [3.05, 3.63) is 60.7 Å². The maximum atomic E-state index is 13.1. The van der Waals surface area contributed by atoms with Crippen molar-refractivity contribution in [3.63, 3.8) is 0 Å². The summed E-state index contributed by atoms with van der Waals surface area (Å²) in [6.07, 6.45) is 12.2. The molecule has 6 aromatic rings. The third-order valence-corrected chi connectivity index (χ3v) is 12.6. The summed E-state index contributed by atoms with van der Waals surface area (Å²) in [7, 11) is -7.03. The largest absolute Gasteiger partial charge is 0.445 e. The summed E-state index contributed by atoms with van der Waals surface area (Å²) in [6, 6.07) is 19.2. The molecule has 4 aromatic carbocycles. The van der Waals surface area contributed by atoms with Gasteiger partial charge in [-0.3, -0.25) is 0 Å². The van der Waals surface area contributed by atoms with E-state index in [0.29, 0.717) is 24.0 Å². The first kappa shape index (κ1) is 32.6. The Labute approximate surface area is 272 Å². The molecule has 0 saturated heterocycles. The number of benzene rings is 4. The van der Waals surface area contributed by atoms with Crippen molar-refractivity contribution < 1.29 is 25.7 Å². The molecule has 2 aromatic heterocycles. The van der Waals surface area contributed by atoms with Gasteiger partial charge < -0.3 is 8.83 Å². The van der Waals surface area contributed by atoms with Crippen molar-refractivity contribution in [2.24, 2.45) is 0 Å². The highest BCUT2D eigenvalue weighted by Crippen LogP contribution is 2.39. The number of unbranched alkanes of at least 4 members (excludes halogenated alkanes) is 10. The molecule has 6 rings (SSSR count). The molecule has 0 atom stereocenters. The molecule has 6 nitrogen and oxygen atoms in total. The lowest BCUT2D eigenvalue weighted by Gasteiger charge is -2.08. The molecule has 0 spiro atoms. The highest BCUT2D eigenvalue weighted by molar-refractivity contribution is 7.91. The van der Waals surface area contributed by atoms with E-state index in [1.54, 1.807) is 12.1 Å². The van der Waals surface area contributed by atoms with Crippen molar-refractivity contribution in [2.45, 2.75) is 101 Å². The Bertz CT molecular complexity index is 2060. The van der Waals surface area contributed by atoms with E-state index >= 15 is 0 Å². The average Bonchev–Trinajstić information content (AvgIpc) is 3.70. The monoisotopic (exact) mass is 660 g/mol. The molecular weight excluding hydrogens is 617 g/mol. The van der Waals surface area contributed by atoms with Crippen molar-refractivity contribution in [1.82, 2.24) is 0 Å². The van der Waals surface area contributed by atoms with Crippen molar-refractivity contribution in [3.8, 4) is 0 Å². The third kappa shape index (κ3) is 6.56. The molecule has 0 aliphatic carbocycles. The van der Waals surface area contributed by atoms with E-state index < -0.39 is 19.7 Å². The van der Waals surface area contributed by atoms with Crippen LogP contribution in [0.1, 0.15) is 90.9 Å². The fraction of sp³-hybridized carbons (Fsp3) is 0.421. The van der Waals surface area contributed by atoms with Crippen molar-refractivity contribution in [2.75, 3.05) is 11.5 Å². The molecule has 0 bridgehead atoms. The van der Waals surface area contributed by atoms with Crippen LogP contribution in [0.5, 0.6) is 0 Å². The van der Waals surface area contributed by atoms with Gasteiger partial charge in [-0.15, -0.1) is 0 Å². The zero-order chi connectivity index (χ0) is 32.3.